The van der Waals surface area contributed by atoms with Gasteiger partial charge in [-0.05, 0) is 54.5 Å². The predicted octanol–water partition coefficient (Wildman–Crippen LogP) is 3.32. The zero-order valence-electron chi connectivity index (χ0n) is 20.0. The second kappa shape index (κ2) is 11.2. The minimum atomic E-state index is -0.896. The molecule has 188 valence electrons. The number of carboxylic acid groups (broad SMARTS) is 1. The molecular weight excluding hydrogens is 460 g/mol. The summed E-state index contributed by atoms with van der Waals surface area (Å²) in [4.78, 5) is 18.0. The number of ether oxygens (including phenoxy) is 2. The van der Waals surface area contributed by atoms with Gasteiger partial charge in [0.25, 0.3) is 0 Å². The van der Waals surface area contributed by atoms with Crippen molar-refractivity contribution in [3.63, 3.8) is 0 Å². The number of rotatable bonds is 11. The van der Waals surface area contributed by atoms with E-state index in [0.717, 1.165) is 49.3 Å². The van der Waals surface area contributed by atoms with Crippen molar-refractivity contribution in [3.8, 4) is 0 Å². The van der Waals surface area contributed by atoms with Crippen LogP contribution in [0.1, 0.15) is 47.9 Å². The molecule has 0 saturated carbocycles. The number of nitrogens with one attached hydrogen (secondary N) is 1. The summed E-state index contributed by atoms with van der Waals surface area (Å²) in [6.45, 7) is 1.05. The van der Waals surface area contributed by atoms with Crippen LogP contribution in [-0.2, 0) is 40.0 Å². The number of tetrazole rings is 1. The molecule has 0 fully saturated rings. The lowest BCUT2D eigenvalue weighted by atomic mass is 9.88. The fraction of sp³-hybridized carbons (Fsp3) is 0.423. The summed E-state index contributed by atoms with van der Waals surface area (Å²) in [6, 6.07) is 13.5. The maximum atomic E-state index is 11.8. The lowest BCUT2D eigenvalue weighted by Gasteiger charge is -2.24. The van der Waals surface area contributed by atoms with Gasteiger partial charge >= 0.3 is 5.97 Å². The van der Waals surface area contributed by atoms with E-state index in [1.54, 1.807) is 0 Å². The molecule has 0 saturated heterocycles. The van der Waals surface area contributed by atoms with Crippen LogP contribution >= 0.6 is 0 Å². The van der Waals surface area contributed by atoms with Crippen LogP contribution in [0.15, 0.2) is 54.5 Å². The summed E-state index contributed by atoms with van der Waals surface area (Å²) in [6.07, 6.45) is 6.45. The van der Waals surface area contributed by atoms with Gasteiger partial charge in [0.05, 0.1) is 6.42 Å². The summed E-state index contributed by atoms with van der Waals surface area (Å²) >= 11 is 0. The lowest BCUT2D eigenvalue weighted by molar-refractivity contribution is -0.138. The topological polar surface area (TPSA) is 124 Å². The second-order valence-electron chi connectivity index (χ2n) is 9.16. The first-order valence-electron chi connectivity index (χ1n) is 12.4. The Morgan fingerprint density at radius 3 is 2.86 bits per heavy atom. The highest BCUT2D eigenvalue weighted by Gasteiger charge is 2.34. The summed E-state index contributed by atoms with van der Waals surface area (Å²) in [5, 5.41) is 26.2. The third-order valence-corrected chi connectivity index (χ3v) is 6.51. The molecule has 10 heteroatoms. The minimum absolute atomic E-state index is 0.0742. The van der Waals surface area contributed by atoms with Crippen molar-refractivity contribution < 1.29 is 19.4 Å². The Morgan fingerprint density at radius 2 is 2.06 bits per heavy atom. The van der Waals surface area contributed by atoms with Gasteiger partial charge in [-0.2, -0.15) is 4.80 Å². The summed E-state index contributed by atoms with van der Waals surface area (Å²) in [5.74, 6) is 0.858. The SMILES string of the molecule is O=C(O)CC(Cc1ccccc1)C(C1=COCO1)n1nnc(CCCc2ccc3c(n2)NCCC3)n1. The minimum Gasteiger partial charge on any atom is -0.481 e. The monoisotopic (exact) mass is 490 g/mol. The normalized spacial score (nSPS) is 16.2. The standard InChI is InChI=1S/C26H30N6O4/c33-24(34)15-20(14-18-6-2-1-3-7-18)25(22-16-35-17-36-22)32-30-23(29-31-32)10-4-9-21-12-11-19-8-5-13-27-26(19)28-21/h1-3,6-7,11-12,16,20,25H,4-5,8-10,13-15,17H2,(H,27,28)(H,33,34). The predicted molar refractivity (Wildman–Crippen MR) is 131 cm³/mol. The van der Waals surface area contributed by atoms with Crippen LogP contribution in [0.25, 0.3) is 0 Å². The largest absolute Gasteiger partial charge is 0.481 e. The van der Waals surface area contributed by atoms with Crippen molar-refractivity contribution in [2.75, 3.05) is 18.7 Å². The number of anilines is 1. The average Bonchev–Trinajstić information content (AvgIpc) is 3.58. The number of nitrogens with zero attached hydrogens (tertiary/aromatic N) is 5. The molecule has 0 spiro atoms. The Labute approximate surface area is 209 Å². The van der Waals surface area contributed by atoms with Gasteiger partial charge in [0.2, 0.25) is 6.79 Å². The molecule has 2 aromatic heterocycles. The van der Waals surface area contributed by atoms with Gasteiger partial charge in [0, 0.05) is 24.6 Å². The quantitative estimate of drug-likeness (QED) is 0.416. The number of hydrogen-bond donors (Lipinski definition) is 2. The van der Waals surface area contributed by atoms with E-state index >= 15 is 0 Å². The molecule has 4 heterocycles. The molecule has 2 aliphatic heterocycles. The van der Waals surface area contributed by atoms with Crippen LogP contribution in [-0.4, -0.2) is 49.6 Å². The fourth-order valence-electron chi connectivity index (χ4n) is 4.79. The van der Waals surface area contributed by atoms with Crippen LogP contribution < -0.4 is 5.32 Å². The molecule has 1 aromatic carbocycles. The third-order valence-electron chi connectivity index (χ3n) is 6.51. The van der Waals surface area contributed by atoms with Crippen molar-refractivity contribution >= 4 is 11.8 Å². The number of allylic oxidation sites excluding steroid dienone is 1. The summed E-state index contributed by atoms with van der Waals surface area (Å²) < 4.78 is 11.0. The van der Waals surface area contributed by atoms with E-state index < -0.39 is 12.0 Å². The number of aryl methyl sites for hydroxylation is 3. The molecule has 3 aromatic rings. The Morgan fingerprint density at radius 1 is 1.17 bits per heavy atom. The molecule has 36 heavy (non-hydrogen) atoms. The van der Waals surface area contributed by atoms with Crippen LogP contribution in [0.3, 0.4) is 0 Å². The zero-order chi connectivity index (χ0) is 24.7. The fourth-order valence-corrected chi connectivity index (χ4v) is 4.79. The number of aromatic nitrogens is 5. The van der Waals surface area contributed by atoms with Gasteiger partial charge in [-0.15, -0.1) is 10.2 Å². The van der Waals surface area contributed by atoms with E-state index in [1.165, 1.54) is 16.6 Å². The highest BCUT2D eigenvalue weighted by Crippen LogP contribution is 2.33. The smallest absolute Gasteiger partial charge is 0.303 e. The maximum absolute atomic E-state index is 11.8. The molecule has 2 N–H and O–H groups in total. The van der Waals surface area contributed by atoms with Gasteiger partial charge < -0.3 is 19.9 Å². The van der Waals surface area contributed by atoms with Gasteiger partial charge in [-0.3, -0.25) is 4.79 Å². The number of carboxylic acids is 1. The number of pyridine rings is 1. The molecule has 2 aliphatic rings. The van der Waals surface area contributed by atoms with E-state index in [9.17, 15) is 9.90 Å². The first kappa shape index (κ1) is 23.8. The van der Waals surface area contributed by atoms with E-state index in [4.69, 9.17) is 14.5 Å². The van der Waals surface area contributed by atoms with Crippen LogP contribution in [0.4, 0.5) is 5.82 Å². The van der Waals surface area contributed by atoms with Gasteiger partial charge in [0.1, 0.15) is 18.1 Å². The Balaban J connectivity index is 1.29. The number of hydrogen-bond acceptors (Lipinski definition) is 8. The molecule has 2 atom stereocenters. The molecule has 0 amide bonds. The van der Waals surface area contributed by atoms with E-state index in [2.05, 4.69) is 32.9 Å². The van der Waals surface area contributed by atoms with Crippen molar-refractivity contribution in [2.45, 2.75) is 51.0 Å². The van der Waals surface area contributed by atoms with Gasteiger partial charge in [-0.25, -0.2) is 4.98 Å². The van der Waals surface area contributed by atoms with Crippen molar-refractivity contribution in [3.05, 3.63) is 77.1 Å². The average molecular weight is 491 g/mol. The first-order valence-corrected chi connectivity index (χ1v) is 12.4. The maximum Gasteiger partial charge on any atom is 0.303 e. The number of fused-ring (bicyclic) bond motifs is 1. The molecule has 0 bridgehead atoms. The molecule has 0 radical (unpaired) electrons. The van der Waals surface area contributed by atoms with Crippen LogP contribution in [0, 0.1) is 5.92 Å². The van der Waals surface area contributed by atoms with Crippen molar-refractivity contribution in [2.24, 2.45) is 5.92 Å². The molecule has 2 unspecified atom stereocenters. The summed E-state index contributed by atoms with van der Waals surface area (Å²) in [5.41, 5.74) is 3.35. The van der Waals surface area contributed by atoms with Crippen LogP contribution in [0.5, 0.6) is 0 Å². The number of aliphatic carboxylic acids is 1. The summed E-state index contributed by atoms with van der Waals surface area (Å²) in [7, 11) is 0. The van der Waals surface area contributed by atoms with E-state index in [-0.39, 0.29) is 19.1 Å². The Kier molecular flexibility index (Phi) is 7.39. The van der Waals surface area contributed by atoms with Crippen LogP contribution in [0.2, 0.25) is 0 Å². The lowest BCUT2D eigenvalue weighted by Crippen LogP contribution is -2.28. The highest BCUT2D eigenvalue weighted by atomic mass is 16.7. The number of benzene rings is 1. The Bertz CT molecular complexity index is 1210. The van der Waals surface area contributed by atoms with Gasteiger partial charge in [0.15, 0.2) is 11.6 Å². The second-order valence-corrected chi connectivity index (χ2v) is 9.16. The first-order chi connectivity index (χ1) is 17.7. The highest BCUT2D eigenvalue weighted by molar-refractivity contribution is 5.67. The number of carbonyl (C=O) groups is 1. The Hall–Kier alpha value is -3.95. The third kappa shape index (κ3) is 5.81. The molecule has 0 aliphatic carbocycles. The molecular formula is C26H30N6O4. The molecule has 5 rings (SSSR count). The zero-order valence-corrected chi connectivity index (χ0v) is 20.0. The van der Waals surface area contributed by atoms with Crippen molar-refractivity contribution in [1.29, 1.82) is 0 Å². The van der Waals surface area contributed by atoms with Gasteiger partial charge in [-0.1, -0.05) is 36.4 Å². The van der Waals surface area contributed by atoms with E-state index in [1.807, 2.05) is 30.3 Å². The van der Waals surface area contributed by atoms with E-state index in [0.29, 0.717) is 24.4 Å². The molecule has 10 nitrogen and oxygen atoms in total. The van der Waals surface area contributed by atoms with Crippen molar-refractivity contribution in [1.82, 2.24) is 25.2 Å².